The number of amides is 1. The van der Waals surface area contributed by atoms with Crippen LogP contribution in [0.1, 0.15) is 26.3 Å². The fourth-order valence-electron chi connectivity index (χ4n) is 4.17. The number of anilines is 2. The quantitative estimate of drug-likeness (QED) is 0.218. The Morgan fingerprint density at radius 2 is 1.81 bits per heavy atom. The van der Waals surface area contributed by atoms with E-state index in [0.717, 1.165) is 23.5 Å². The number of para-hydroxylation sites is 1. The van der Waals surface area contributed by atoms with E-state index in [0.29, 0.717) is 32.8 Å². The molecular formula is C28H29ClN4O2S. The van der Waals surface area contributed by atoms with Crippen molar-refractivity contribution in [2.75, 3.05) is 22.5 Å². The minimum atomic E-state index is -0.199. The van der Waals surface area contributed by atoms with E-state index in [9.17, 15) is 9.59 Å². The molecule has 0 atom stereocenters. The van der Waals surface area contributed by atoms with Crippen LogP contribution in [0.2, 0.25) is 5.02 Å². The van der Waals surface area contributed by atoms with Crippen LogP contribution in [-0.2, 0) is 4.79 Å². The van der Waals surface area contributed by atoms with E-state index < -0.39 is 0 Å². The lowest BCUT2D eigenvalue weighted by atomic mass is 10.2. The van der Waals surface area contributed by atoms with Gasteiger partial charge in [-0.25, -0.2) is 4.98 Å². The van der Waals surface area contributed by atoms with Crippen molar-refractivity contribution in [2.45, 2.75) is 38.9 Å². The Hall–Kier alpha value is -3.29. The average Bonchev–Trinajstić information content (AvgIpc) is 2.86. The Kier molecular flexibility index (Phi) is 8.01. The minimum Gasteiger partial charge on any atom is -0.369 e. The van der Waals surface area contributed by atoms with E-state index in [-0.39, 0.29) is 17.2 Å². The average molecular weight is 521 g/mol. The maximum absolute atomic E-state index is 13.5. The first-order chi connectivity index (χ1) is 17.3. The van der Waals surface area contributed by atoms with Gasteiger partial charge in [-0.15, -0.1) is 0 Å². The van der Waals surface area contributed by atoms with Crippen LogP contribution in [0.3, 0.4) is 0 Å². The number of rotatable bonds is 8. The molecule has 0 saturated carbocycles. The highest BCUT2D eigenvalue weighted by atomic mass is 35.5. The van der Waals surface area contributed by atoms with Gasteiger partial charge < -0.3 is 10.2 Å². The van der Waals surface area contributed by atoms with Gasteiger partial charge in [0.15, 0.2) is 5.16 Å². The summed E-state index contributed by atoms with van der Waals surface area (Å²) in [5, 5.41) is 4.44. The molecule has 3 aromatic carbocycles. The molecule has 0 saturated heterocycles. The number of nitrogens with one attached hydrogen (secondary N) is 1. The molecule has 0 bridgehead atoms. The first-order valence-electron chi connectivity index (χ1n) is 11.9. The number of hydrogen-bond acceptors (Lipinski definition) is 5. The Morgan fingerprint density at radius 1 is 1.08 bits per heavy atom. The van der Waals surface area contributed by atoms with Crippen LogP contribution in [0.15, 0.2) is 76.7 Å². The predicted octanol–water partition coefficient (Wildman–Crippen LogP) is 6.31. The highest BCUT2D eigenvalue weighted by Crippen LogP contribution is 2.27. The number of carbonyl (C=O) groups excluding carboxylic acids is 1. The first kappa shape index (κ1) is 25.8. The standard InChI is InChI=1S/C28H29ClN4O2S/c1-5-32(18(2)3)21-15-13-20(14-16-21)30-26(34)17-36-28-31-24-11-7-6-9-22(24)27(35)33(28)25-12-8-10-23(29)19(25)4/h6-16,18H,5,17H2,1-4H3,(H,30,34). The Labute approximate surface area is 220 Å². The molecule has 0 fully saturated rings. The summed E-state index contributed by atoms with van der Waals surface area (Å²) in [5.74, 6) is -0.0834. The van der Waals surface area contributed by atoms with Gasteiger partial charge in [0.1, 0.15) is 0 Å². The van der Waals surface area contributed by atoms with Crippen molar-refractivity contribution in [1.82, 2.24) is 9.55 Å². The Morgan fingerprint density at radius 3 is 2.50 bits per heavy atom. The fourth-order valence-corrected chi connectivity index (χ4v) is 5.14. The molecule has 6 nitrogen and oxygen atoms in total. The third-order valence-electron chi connectivity index (χ3n) is 6.00. The molecule has 0 spiro atoms. The van der Waals surface area contributed by atoms with E-state index in [4.69, 9.17) is 16.6 Å². The second kappa shape index (κ2) is 11.2. The predicted molar refractivity (Wildman–Crippen MR) is 151 cm³/mol. The van der Waals surface area contributed by atoms with Crippen molar-refractivity contribution in [3.8, 4) is 5.69 Å². The highest BCUT2D eigenvalue weighted by Gasteiger charge is 2.17. The van der Waals surface area contributed by atoms with E-state index in [1.54, 1.807) is 28.8 Å². The second-order valence-corrected chi connectivity index (χ2v) is 10.0. The number of fused-ring (bicyclic) bond motifs is 1. The lowest BCUT2D eigenvalue weighted by molar-refractivity contribution is -0.113. The van der Waals surface area contributed by atoms with Crippen molar-refractivity contribution in [3.05, 3.63) is 87.7 Å². The molecule has 1 N–H and O–H groups in total. The molecular weight excluding hydrogens is 492 g/mol. The molecule has 8 heteroatoms. The zero-order chi connectivity index (χ0) is 25.8. The van der Waals surface area contributed by atoms with Crippen LogP contribution < -0.4 is 15.8 Å². The van der Waals surface area contributed by atoms with Crippen LogP contribution in [0.25, 0.3) is 16.6 Å². The summed E-state index contributed by atoms with van der Waals surface area (Å²) in [5.41, 5.74) is 3.64. The van der Waals surface area contributed by atoms with Crippen LogP contribution in [0.5, 0.6) is 0 Å². The Bertz CT molecular complexity index is 1450. The van der Waals surface area contributed by atoms with Crippen molar-refractivity contribution in [1.29, 1.82) is 0 Å². The first-order valence-corrected chi connectivity index (χ1v) is 13.2. The zero-order valence-electron chi connectivity index (χ0n) is 20.8. The van der Waals surface area contributed by atoms with Gasteiger partial charge in [-0.2, -0.15) is 0 Å². The molecule has 0 unspecified atom stereocenters. The van der Waals surface area contributed by atoms with Gasteiger partial charge >= 0.3 is 0 Å². The second-order valence-electron chi connectivity index (χ2n) is 8.70. The molecule has 186 valence electrons. The summed E-state index contributed by atoms with van der Waals surface area (Å²) in [4.78, 5) is 33.3. The molecule has 0 aliphatic heterocycles. The smallest absolute Gasteiger partial charge is 0.266 e. The Balaban J connectivity index is 1.58. The van der Waals surface area contributed by atoms with Gasteiger partial charge in [-0.05, 0) is 81.8 Å². The van der Waals surface area contributed by atoms with E-state index >= 15 is 0 Å². The van der Waals surface area contributed by atoms with E-state index in [2.05, 4.69) is 31.0 Å². The van der Waals surface area contributed by atoms with Gasteiger partial charge in [0.2, 0.25) is 5.91 Å². The number of nitrogens with zero attached hydrogens (tertiary/aromatic N) is 3. The van der Waals surface area contributed by atoms with Gasteiger partial charge in [-0.1, -0.05) is 41.6 Å². The summed E-state index contributed by atoms with van der Waals surface area (Å²) < 4.78 is 1.54. The molecule has 4 aromatic rings. The molecule has 0 radical (unpaired) electrons. The van der Waals surface area contributed by atoms with Crippen LogP contribution in [0, 0.1) is 6.92 Å². The van der Waals surface area contributed by atoms with Crippen LogP contribution in [0.4, 0.5) is 11.4 Å². The van der Waals surface area contributed by atoms with Crippen molar-refractivity contribution < 1.29 is 4.79 Å². The van der Waals surface area contributed by atoms with E-state index in [1.807, 2.05) is 49.4 Å². The number of carbonyl (C=O) groups is 1. The van der Waals surface area contributed by atoms with Crippen molar-refractivity contribution in [2.24, 2.45) is 0 Å². The van der Waals surface area contributed by atoms with Crippen LogP contribution in [-0.4, -0.2) is 33.8 Å². The monoisotopic (exact) mass is 520 g/mol. The number of hydrogen-bond donors (Lipinski definition) is 1. The molecule has 0 aliphatic rings. The molecule has 0 aliphatic carbocycles. The van der Waals surface area contributed by atoms with Gasteiger partial charge in [0.25, 0.3) is 5.56 Å². The third-order valence-corrected chi connectivity index (χ3v) is 7.35. The topological polar surface area (TPSA) is 67.2 Å². The lowest BCUT2D eigenvalue weighted by Crippen LogP contribution is -2.30. The third kappa shape index (κ3) is 5.42. The van der Waals surface area contributed by atoms with Crippen LogP contribution >= 0.6 is 23.4 Å². The summed E-state index contributed by atoms with van der Waals surface area (Å²) in [6.45, 7) is 9.21. The molecule has 1 amide bonds. The summed E-state index contributed by atoms with van der Waals surface area (Å²) >= 11 is 7.57. The molecule has 1 aromatic heterocycles. The van der Waals surface area contributed by atoms with Crippen molar-refractivity contribution in [3.63, 3.8) is 0 Å². The number of halogens is 1. The highest BCUT2D eigenvalue weighted by molar-refractivity contribution is 7.99. The maximum atomic E-state index is 13.5. The largest absolute Gasteiger partial charge is 0.369 e. The number of thioether (sulfide) groups is 1. The molecule has 36 heavy (non-hydrogen) atoms. The van der Waals surface area contributed by atoms with Gasteiger partial charge in [-0.3, -0.25) is 14.2 Å². The lowest BCUT2D eigenvalue weighted by Gasteiger charge is -2.27. The van der Waals surface area contributed by atoms with Gasteiger partial charge in [0.05, 0.1) is 22.3 Å². The number of aromatic nitrogens is 2. The zero-order valence-corrected chi connectivity index (χ0v) is 22.4. The minimum absolute atomic E-state index is 0.0965. The van der Waals surface area contributed by atoms with Crippen molar-refractivity contribution >= 4 is 51.5 Å². The number of benzene rings is 3. The maximum Gasteiger partial charge on any atom is 0.266 e. The molecule has 4 rings (SSSR count). The SMILES string of the molecule is CCN(c1ccc(NC(=O)CSc2nc3ccccc3c(=O)n2-c2cccc(Cl)c2C)cc1)C(C)C. The summed E-state index contributed by atoms with van der Waals surface area (Å²) in [7, 11) is 0. The van der Waals surface area contributed by atoms with E-state index in [1.165, 1.54) is 11.8 Å². The van der Waals surface area contributed by atoms with Gasteiger partial charge in [0, 0.05) is 29.0 Å². The molecule has 1 heterocycles. The summed E-state index contributed by atoms with van der Waals surface area (Å²) in [6.07, 6.45) is 0. The fraction of sp³-hybridized carbons (Fsp3) is 0.250. The normalized spacial score (nSPS) is 11.2. The summed E-state index contributed by atoms with van der Waals surface area (Å²) in [6, 6.07) is 20.9.